The van der Waals surface area contributed by atoms with Crippen molar-refractivity contribution in [3.8, 4) is 0 Å². The van der Waals surface area contributed by atoms with Gasteiger partial charge in [0.15, 0.2) is 0 Å². The fourth-order valence-electron chi connectivity index (χ4n) is 2.79. The van der Waals surface area contributed by atoms with E-state index in [1.807, 2.05) is 7.05 Å². The lowest BCUT2D eigenvalue weighted by molar-refractivity contribution is -0.144. The van der Waals surface area contributed by atoms with Crippen LogP contribution >= 0.6 is 0 Å². The van der Waals surface area contributed by atoms with Crippen LogP contribution in [0.2, 0.25) is 0 Å². The molecule has 1 saturated heterocycles. The van der Waals surface area contributed by atoms with Gasteiger partial charge in [0, 0.05) is 31.7 Å². The number of aliphatic carboxylic acids is 1. The van der Waals surface area contributed by atoms with Gasteiger partial charge in [0.05, 0.1) is 5.92 Å². The van der Waals surface area contributed by atoms with Crippen LogP contribution in [-0.4, -0.2) is 66.6 Å². The van der Waals surface area contributed by atoms with Gasteiger partial charge in [-0.1, -0.05) is 0 Å². The number of halogens is 1. The molecule has 1 fully saturated rings. The van der Waals surface area contributed by atoms with Crippen LogP contribution in [0.4, 0.5) is 10.1 Å². The summed E-state index contributed by atoms with van der Waals surface area (Å²) in [7, 11) is 2.05. The van der Waals surface area contributed by atoms with Gasteiger partial charge < -0.3 is 20.2 Å². The largest absolute Gasteiger partial charge is 0.481 e. The molecule has 1 aromatic carbocycles. The lowest BCUT2D eigenvalue weighted by Gasteiger charge is -2.23. The zero-order chi connectivity index (χ0) is 17.5. The number of rotatable bonds is 6. The molecule has 0 aliphatic carbocycles. The fourth-order valence-corrected chi connectivity index (χ4v) is 2.79. The first-order chi connectivity index (χ1) is 11.4. The average Bonchev–Trinajstić information content (AvgIpc) is 2.73. The molecule has 0 unspecified atom stereocenters. The van der Waals surface area contributed by atoms with E-state index in [4.69, 9.17) is 0 Å². The maximum Gasteiger partial charge on any atom is 0.308 e. The van der Waals surface area contributed by atoms with Crippen molar-refractivity contribution in [2.75, 3.05) is 45.1 Å². The molecule has 0 saturated carbocycles. The Morgan fingerprint density at radius 1 is 1.21 bits per heavy atom. The molecule has 1 heterocycles. The van der Waals surface area contributed by atoms with Gasteiger partial charge in [0.2, 0.25) is 5.91 Å². The van der Waals surface area contributed by atoms with E-state index in [1.54, 1.807) is 0 Å². The second kappa shape index (κ2) is 8.75. The Bertz CT molecular complexity index is 565. The summed E-state index contributed by atoms with van der Waals surface area (Å²) < 4.78 is 12.9. The van der Waals surface area contributed by atoms with E-state index >= 15 is 0 Å². The quantitative estimate of drug-likeness (QED) is 0.823. The molecule has 1 aromatic rings. The molecule has 24 heavy (non-hydrogen) atoms. The molecule has 0 spiro atoms. The first kappa shape index (κ1) is 18.4. The van der Waals surface area contributed by atoms with Gasteiger partial charge in [-0.3, -0.25) is 9.59 Å². The fraction of sp³-hybridized carbons (Fsp3) is 0.529. The molecule has 132 valence electrons. The summed E-state index contributed by atoms with van der Waals surface area (Å²) in [5, 5.41) is 12.0. The van der Waals surface area contributed by atoms with Crippen molar-refractivity contribution in [1.82, 2.24) is 9.80 Å². The number of hydrogen-bond donors (Lipinski definition) is 2. The molecule has 0 radical (unpaired) electrons. The molecule has 1 aliphatic heterocycles. The van der Waals surface area contributed by atoms with Crippen LogP contribution in [0.3, 0.4) is 0 Å². The highest BCUT2D eigenvalue weighted by Crippen LogP contribution is 2.13. The molecule has 0 aromatic heterocycles. The summed E-state index contributed by atoms with van der Waals surface area (Å²) in [5.74, 6) is -2.49. The third-order valence-corrected chi connectivity index (χ3v) is 4.20. The van der Waals surface area contributed by atoms with Gasteiger partial charge in [-0.25, -0.2) is 4.39 Å². The number of anilines is 1. The molecule has 0 bridgehead atoms. The summed E-state index contributed by atoms with van der Waals surface area (Å²) in [6.07, 6.45) is 0.893. The zero-order valence-electron chi connectivity index (χ0n) is 13.9. The zero-order valence-corrected chi connectivity index (χ0v) is 13.9. The summed E-state index contributed by atoms with van der Waals surface area (Å²) in [4.78, 5) is 27.9. The summed E-state index contributed by atoms with van der Waals surface area (Å²) in [5.41, 5.74) is 0.460. The monoisotopic (exact) mass is 337 g/mol. The van der Waals surface area contributed by atoms with E-state index in [9.17, 15) is 19.1 Å². The topological polar surface area (TPSA) is 72.9 Å². The maximum absolute atomic E-state index is 12.9. The molecular weight excluding hydrogens is 313 g/mol. The van der Waals surface area contributed by atoms with E-state index in [0.717, 1.165) is 32.6 Å². The second-order valence-electron chi connectivity index (χ2n) is 6.25. The van der Waals surface area contributed by atoms with E-state index in [0.29, 0.717) is 12.2 Å². The number of carbonyl (C=O) groups excluding carboxylic acids is 1. The molecule has 1 aliphatic rings. The minimum atomic E-state index is -0.971. The third kappa shape index (κ3) is 5.90. The SMILES string of the molecule is CN1CCCN(C[C@@H](CC(=O)Nc2ccc(F)cc2)C(=O)O)CC1. The number of benzene rings is 1. The van der Waals surface area contributed by atoms with Crippen LogP contribution in [-0.2, 0) is 9.59 Å². The maximum atomic E-state index is 12.9. The Labute approximate surface area is 141 Å². The van der Waals surface area contributed by atoms with E-state index in [2.05, 4.69) is 15.1 Å². The van der Waals surface area contributed by atoms with Crippen LogP contribution in [0.15, 0.2) is 24.3 Å². The second-order valence-corrected chi connectivity index (χ2v) is 6.25. The minimum absolute atomic E-state index is 0.0982. The highest BCUT2D eigenvalue weighted by Gasteiger charge is 2.25. The number of nitrogens with zero attached hydrogens (tertiary/aromatic N) is 2. The molecule has 6 nitrogen and oxygen atoms in total. The Kier molecular flexibility index (Phi) is 6.69. The summed E-state index contributed by atoms with van der Waals surface area (Å²) in [6.45, 7) is 3.90. The molecular formula is C17H24FN3O3. The minimum Gasteiger partial charge on any atom is -0.481 e. The smallest absolute Gasteiger partial charge is 0.308 e. The summed E-state index contributed by atoms with van der Waals surface area (Å²) >= 11 is 0. The Morgan fingerprint density at radius 3 is 2.58 bits per heavy atom. The normalized spacial score (nSPS) is 17.9. The van der Waals surface area contributed by atoms with Crippen molar-refractivity contribution < 1.29 is 19.1 Å². The van der Waals surface area contributed by atoms with Gasteiger partial charge in [-0.2, -0.15) is 0 Å². The average molecular weight is 337 g/mol. The van der Waals surface area contributed by atoms with Crippen molar-refractivity contribution in [3.05, 3.63) is 30.1 Å². The van der Waals surface area contributed by atoms with Crippen LogP contribution in [0.1, 0.15) is 12.8 Å². The number of carbonyl (C=O) groups is 2. The van der Waals surface area contributed by atoms with Crippen molar-refractivity contribution in [2.24, 2.45) is 5.92 Å². The molecule has 1 amide bonds. The van der Waals surface area contributed by atoms with Crippen LogP contribution in [0.5, 0.6) is 0 Å². The van der Waals surface area contributed by atoms with Crippen molar-refractivity contribution in [1.29, 1.82) is 0 Å². The predicted molar refractivity (Wildman–Crippen MR) is 89.3 cm³/mol. The molecule has 1 atom stereocenters. The number of carboxylic acids is 1. The van der Waals surface area contributed by atoms with Crippen LogP contribution in [0, 0.1) is 11.7 Å². The number of nitrogens with one attached hydrogen (secondary N) is 1. The number of hydrogen-bond acceptors (Lipinski definition) is 4. The van der Waals surface area contributed by atoms with Gasteiger partial charge >= 0.3 is 5.97 Å². The number of likely N-dealkylation sites (N-methyl/N-ethyl adjacent to an activating group) is 1. The predicted octanol–water partition coefficient (Wildman–Crippen LogP) is 1.49. The van der Waals surface area contributed by atoms with Crippen molar-refractivity contribution in [2.45, 2.75) is 12.8 Å². The Balaban J connectivity index is 1.89. The van der Waals surface area contributed by atoms with Crippen molar-refractivity contribution >= 4 is 17.6 Å². The summed E-state index contributed by atoms with van der Waals surface area (Å²) in [6, 6.07) is 5.40. The van der Waals surface area contributed by atoms with E-state index in [-0.39, 0.29) is 18.1 Å². The van der Waals surface area contributed by atoms with Crippen molar-refractivity contribution in [3.63, 3.8) is 0 Å². The molecule has 7 heteroatoms. The van der Waals surface area contributed by atoms with Gasteiger partial charge in [0.1, 0.15) is 5.82 Å². The first-order valence-corrected chi connectivity index (χ1v) is 8.13. The highest BCUT2D eigenvalue weighted by molar-refractivity contribution is 5.93. The number of carboxylic acid groups (broad SMARTS) is 1. The lowest BCUT2D eigenvalue weighted by Crippen LogP contribution is -2.37. The molecule has 2 rings (SSSR count). The molecule has 2 N–H and O–H groups in total. The van der Waals surface area contributed by atoms with Crippen LogP contribution in [0.25, 0.3) is 0 Å². The third-order valence-electron chi connectivity index (χ3n) is 4.20. The van der Waals surface area contributed by atoms with Gasteiger partial charge in [-0.15, -0.1) is 0 Å². The first-order valence-electron chi connectivity index (χ1n) is 8.13. The Morgan fingerprint density at radius 2 is 1.92 bits per heavy atom. The standard InChI is InChI=1S/C17H24FN3O3/c1-20-7-2-8-21(10-9-20)12-13(17(23)24)11-16(22)19-15-5-3-14(18)4-6-15/h3-6,13H,2,7-12H2,1H3,(H,19,22)(H,23,24)/t13-/m1/s1. The van der Waals surface area contributed by atoms with Crippen LogP contribution < -0.4 is 5.32 Å². The van der Waals surface area contributed by atoms with Gasteiger partial charge in [-0.05, 0) is 50.8 Å². The van der Waals surface area contributed by atoms with E-state index < -0.39 is 11.9 Å². The lowest BCUT2D eigenvalue weighted by atomic mass is 10.0. The highest BCUT2D eigenvalue weighted by atomic mass is 19.1. The van der Waals surface area contributed by atoms with E-state index in [1.165, 1.54) is 24.3 Å². The number of amides is 1. The van der Waals surface area contributed by atoms with Gasteiger partial charge in [0.25, 0.3) is 0 Å². The Hall–Kier alpha value is -1.99.